The van der Waals surface area contributed by atoms with Crippen molar-refractivity contribution in [1.29, 1.82) is 0 Å². The number of aliphatic hydroxyl groups excluding tert-OH is 1. The quantitative estimate of drug-likeness (QED) is 0.900. The third-order valence-electron chi connectivity index (χ3n) is 3.56. The lowest BCUT2D eigenvalue weighted by molar-refractivity contribution is 0.178. The monoisotopic (exact) mass is 334 g/mol. The summed E-state index contributed by atoms with van der Waals surface area (Å²) in [6, 6.07) is 12.0. The van der Waals surface area contributed by atoms with E-state index in [0.29, 0.717) is 6.42 Å². The maximum absolute atomic E-state index is 10.4. The van der Waals surface area contributed by atoms with Gasteiger partial charge in [-0.15, -0.1) is 0 Å². The molecule has 2 nitrogen and oxygen atoms in total. The lowest BCUT2D eigenvalue weighted by atomic mass is 9.98. The van der Waals surface area contributed by atoms with E-state index < -0.39 is 6.10 Å². The maximum atomic E-state index is 10.4. The lowest BCUT2D eigenvalue weighted by Crippen LogP contribution is -2.02. The highest BCUT2D eigenvalue weighted by Crippen LogP contribution is 2.29. The Morgan fingerprint density at radius 1 is 1.10 bits per heavy atom. The first-order chi connectivity index (χ1) is 9.51. The average Bonchev–Trinajstić information content (AvgIpc) is 2.42. The second-order valence-electron chi connectivity index (χ2n) is 5.03. The number of hydrogen-bond donors (Lipinski definition) is 1. The van der Waals surface area contributed by atoms with Crippen LogP contribution in [0.15, 0.2) is 40.9 Å². The van der Waals surface area contributed by atoms with Crippen molar-refractivity contribution >= 4 is 15.9 Å². The number of aliphatic hydroxyl groups is 1. The Balaban J connectivity index is 2.17. The van der Waals surface area contributed by atoms with Crippen LogP contribution in [0.3, 0.4) is 0 Å². The maximum Gasteiger partial charge on any atom is 0.133 e. The standard InChI is InChI=1S/C17H19BrO2/c1-11-4-5-13(8-12(11)2)9-16(19)14-6-7-17(20-3)15(18)10-14/h4-8,10,16,19H,9H2,1-3H3. The van der Waals surface area contributed by atoms with Gasteiger partial charge in [0.25, 0.3) is 0 Å². The molecule has 2 rings (SSSR count). The number of benzene rings is 2. The molecule has 0 spiro atoms. The van der Waals surface area contributed by atoms with Gasteiger partial charge in [-0.1, -0.05) is 24.3 Å². The summed E-state index contributed by atoms with van der Waals surface area (Å²) in [6.07, 6.45) is 0.0965. The van der Waals surface area contributed by atoms with Gasteiger partial charge in [-0.05, 0) is 64.2 Å². The Kier molecular flexibility index (Phi) is 4.84. The van der Waals surface area contributed by atoms with Gasteiger partial charge in [-0.2, -0.15) is 0 Å². The van der Waals surface area contributed by atoms with Gasteiger partial charge in [-0.3, -0.25) is 0 Å². The summed E-state index contributed by atoms with van der Waals surface area (Å²) in [5.74, 6) is 0.770. The molecule has 3 heteroatoms. The van der Waals surface area contributed by atoms with Crippen molar-refractivity contribution in [1.82, 2.24) is 0 Å². The predicted molar refractivity (Wildman–Crippen MR) is 85.3 cm³/mol. The molecule has 0 amide bonds. The van der Waals surface area contributed by atoms with Crippen molar-refractivity contribution < 1.29 is 9.84 Å². The summed E-state index contributed by atoms with van der Waals surface area (Å²) in [4.78, 5) is 0. The van der Waals surface area contributed by atoms with E-state index >= 15 is 0 Å². The highest BCUT2D eigenvalue weighted by atomic mass is 79.9. The van der Waals surface area contributed by atoms with Crippen molar-refractivity contribution in [3.8, 4) is 5.75 Å². The van der Waals surface area contributed by atoms with Gasteiger partial charge in [0.2, 0.25) is 0 Å². The fraction of sp³-hybridized carbons (Fsp3) is 0.294. The normalized spacial score (nSPS) is 12.2. The van der Waals surface area contributed by atoms with E-state index in [1.807, 2.05) is 18.2 Å². The first-order valence-electron chi connectivity index (χ1n) is 6.59. The van der Waals surface area contributed by atoms with Crippen LogP contribution in [0.5, 0.6) is 5.75 Å². The molecule has 2 aromatic carbocycles. The zero-order chi connectivity index (χ0) is 14.7. The third kappa shape index (κ3) is 3.41. The molecule has 0 aliphatic rings. The van der Waals surface area contributed by atoms with Gasteiger partial charge in [0.15, 0.2) is 0 Å². The lowest BCUT2D eigenvalue weighted by Gasteiger charge is -2.14. The van der Waals surface area contributed by atoms with Crippen molar-refractivity contribution in [3.63, 3.8) is 0 Å². The van der Waals surface area contributed by atoms with E-state index in [-0.39, 0.29) is 0 Å². The van der Waals surface area contributed by atoms with Crippen LogP contribution in [0, 0.1) is 13.8 Å². The van der Waals surface area contributed by atoms with Crippen molar-refractivity contribution in [2.45, 2.75) is 26.4 Å². The number of methoxy groups -OCH3 is 1. The number of hydrogen-bond acceptors (Lipinski definition) is 2. The minimum Gasteiger partial charge on any atom is -0.496 e. The van der Waals surface area contributed by atoms with Crippen LogP contribution in [-0.2, 0) is 6.42 Å². The number of halogens is 1. The molecule has 1 unspecified atom stereocenters. The number of rotatable bonds is 4. The van der Waals surface area contributed by atoms with Crippen LogP contribution >= 0.6 is 15.9 Å². The van der Waals surface area contributed by atoms with Crippen molar-refractivity contribution in [2.24, 2.45) is 0 Å². The van der Waals surface area contributed by atoms with E-state index in [1.54, 1.807) is 7.11 Å². The van der Waals surface area contributed by atoms with Gasteiger partial charge >= 0.3 is 0 Å². The summed E-state index contributed by atoms with van der Waals surface area (Å²) in [6.45, 7) is 4.19. The second kappa shape index (κ2) is 6.42. The second-order valence-corrected chi connectivity index (χ2v) is 5.89. The minimum absolute atomic E-state index is 0.515. The zero-order valence-corrected chi connectivity index (χ0v) is 13.6. The van der Waals surface area contributed by atoms with Gasteiger partial charge in [-0.25, -0.2) is 0 Å². The van der Waals surface area contributed by atoms with Crippen molar-refractivity contribution in [3.05, 3.63) is 63.1 Å². The van der Waals surface area contributed by atoms with Crippen LogP contribution in [0.1, 0.15) is 28.4 Å². The third-order valence-corrected chi connectivity index (χ3v) is 4.18. The molecule has 0 bridgehead atoms. The molecule has 20 heavy (non-hydrogen) atoms. The van der Waals surface area contributed by atoms with Gasteiger partial charge in [0.05, 0.1) is 17.7 Å². The summed E-state index contributed by atoms with van der Waals surface area (Å²) >= 11 is 3.45. The minimum atomic E-state index is -0.515. The molecule has 0 heterocycles. The van der Waals surface area contributed by atoms with Crippen LogP contribution in [0.2, 0.25) is 0 Å². The Bertz CT molecular complexity index is 608. The van der Waals surface area contributed by atoms with Crippen LogP contribution in [-0.4, -0.2) is 12.2 Å². The molecule has 2 aromatic rings. The first kappa shape index (κ1) is 15.1. The fourth-order valence-electron chi connectivity index (χ4n) is 2.16. The molecule has 0 aromatic heterocycles. The molecule has 0 saturated carbocycles. The molecule has 106 valence electrons. The van der Waals surface area contributed by atoms with Gasteiger partial charge in [0, 0.05) is 6.42 Å². The molecule has 0 aliphatic carbocycles. The van der Waals surface area contributed by atoms with E-state index in [9.17, 15) is 5.11 Å². The van der Waals surface area contributed by atoms with E-state index in [1.165, 1.54) is 11.1 Å². The SMILES string of the molecule is COc1ccc(C(O)Cc2ccc(C)c(C)c2)cc1Br. The average molecular weight is 335 g/mol. The zero-order valence-electron chi connectivity index (χ0n) is 12.0. The summed E-state index contributed by atoms with van der Waals surface area (Å²) in [5.41, 5.74) is 4.56. The smallest absolute Gasteiger partial charge is 0.133 e. The largest absolute Gasteiger partial charge is 0.496 e. The predicted octanol–water partition coefficient (Wildman–Crippen LogP) is 4.35. The van der Waals surface area contributed by atoms with Crippen molar-refractivity contribution in [2.75, 3.05) is 7.11 Å². The Morgan fingerprint density at radius 2 is 1.85 bits per heavy atom. The van der Waals surface area contributed by atoms with E-state index in [0.717, 1.165) is 21.3 Å². The van der Waals surface area contributed by atoms with Gasteiger partial charge < -0.3 is 9.84 Å². The molecule has 0 saturated heterocycles. The molecule has 1 N–H and O–H groups in total. The number of ether oxygens (including phenoxy) is 1. The molecule has 0 radical (unpaired) electrons. The highest BCUT2D eigenvalue weighted by Gasteiger charge is 2.11. The first-order valence-corrected chi connectivity index (χ1v) is 7.38. The topological polar surface area (TPSA) is 29.5 Å². The molecule has 0 fully saturated rings. The van der Waals surface area contributed by atoms with Crippen LogP contribution in [0.25, 0.3) is 0 Å². The number of aryl methyl sites for hydroxylation is 2. The molecular formula is C17H19BrO2. The Hall–Kier alpha value is -1.32. The van der Waals surface area contributed by atoms with Crippen LogP contribution in [0.4, 0.5) is 0 Å². The molecular weight excluding hydrogens is 316 g/mol. The van der Waals surface area contributed by atoms with E-state index in [2.05, 4.69) is 48.0 Å². The molecule has 0 aliphatic heterocycles. The summed E-state index contributed by atoms with van der Waals surface area (Å²) < 4.78 is 6.06. The van der Waals surface area contributed by atoms with Gasteiger partial charge in [0.1, 0.15) is 5.75 Å². The van der Waals surface area contributed by atoms with Crippen LogP contribution < -0.4 is 4.74 Å². The van der Waals surface area contributed by atoms with E-state index in [4.69, 9.17) is 4.74 Å². The fourth-order valence-corrected chi connectivity index (χ4v) is 2.72. The Morgan fingerprint density at radius 3 is 2.45 bits per heavy atom. The molecule has 1 atom stereocenters. The highest BCUT2D eigenvalue weighted by molar-refractivity contribution is 9.10. The summed E-state index contributed by atoms with van der Waals surface area (Å²) in [5, 5.41) is 10.4. The Labute approximate surface area is 128 Å². The summed E-state index contributed by atoms with van der Waals surface area (Å²) in [7, 11) is 1.63.